The summed E-state index contributed by atoms with van der Waals surface area (Å²) < 4.78 is 12.0. The number of Topliss-reactive ketones (excluding diaryl/α,β-unsaturated/α-hetero) is 1. The fourth-order valence-corrected chi connectivity index (χ4v) is 6.30. The number of carbonyl (C=O) groups excluding carboxylic acids is 1. The van der Waals surface area contributed by atoms with Gasteiger partial charge in [-0.25, -0.2) is 0 Å². The lowest BCUT2D eigenvalue weighted by atomic mass is 9.44. The Bertz CT molecular complexity index is 628. The van der Waals surface area contributed by atoms with Gasteiger partial charge in [0.25, 0.3) is 0 Å². The predicted molar refractivity (Wildman–Crippen MR) is 102 cm³/mol. The summed E-state index contributed by atoms with van der Waals surface area (Å²) in [6, 6.07) is 0. The van der Waals surface area contributed by atoms with Gasteiger partial charge in [0.2, 0.25) is 0 Å². The lowest BCUT2D eigenvalue weighted by Gasteiger charge is -2.60. The molecule has 1 heterocycles. The van der Waals surface area contributed by atoms with Crippen LogP contribution in [0.3, 0.4) is 0 Å². The van der Waals surface area contributed by atoms with Gasteiger partial charge in [-0.2, -0.15) is 0 Å². The van der Waals surface area contributed by atoms with Crippen LogP contribution in [-0.2, 0) is 19.1 Å². The molecule has 0 aromatic carbocycles. The van der Waals surface area contributed by atoms with E-state index in [4.69, 9.17) is 9.47 Å². The van der Waals surface area contributed by atoms with Crippen molar-refractivity contribution in [3.05, 3.63) is 0 Å². The first-order chi connectivity index (χ1) is 12.3. The summed E-state index contributed by atoms with van der Waals surface area (Å²) in [5.41, 5.74) is -0.617. The molecular formula is C22H36O5. The Morgan fingerprint density at radius 3 is 2.26 bits per heavy atom. The van der Waals surface area contributed by atoms with Crippen molar-refractivity contribution in [1.29, 1.82) is 0 Å². The van der Waals surface area contributed by atoms with Crippen LogP contribution in [0.5, 0.6) is 0 Å². The van der Waals surface area contributed by atoms with E-state index in [1.54, 1.807) is 6.92 Å². The Labute approximate surface area is 163 Å². The van der Waals surface area contributed by atoms with Crippen molar-refractivity contribution in [3.8, 4) is 0 Å². The Balaban J connectivity index is 1.87. The molecule has 6 atom stereocenters. The number of hydrogen-bond donors (Lipinski definition) is 1. The third-order valence-electron chi connectivity index (χ3n) is 8.43. The molecule has 2 unspecified atom stereocenters. The highest BCUT2D eigenvalue weighted by Gasteiger charge is 2.60. The molecule has 0 spiro atoms. The molecule has 0 aromatic rings. The molecule has 3 fully saturated rings. The highest BCUT2D eigenvalue weighted by atomic mass is 16.7. The van der Waals surface area contributed by atoms with E-state index in [9.17, 15) is 14.7 Å². The number of rotatable bonds is 4. The molecule has 1 N–H and O–H groups in total. The van der Waals surface area contributed by atoms with E-state index in [-0.39, 0.29) is 35.1 Å². The van der Waals surface area contributed by atoms with E-state index in [1.165, 1.54) is 0 Å². The normalized spacial score (nSPS) is 46.7. The van der Waals surface area contributed by atoms with E-state index < -0.39 is 17.2 Å². The zero-order valence-corrected chi connectivity index (χ0v) is 17.8. The predicted octanol–water partition coefficient (Wildman–Crippen LogP) is 4.43. The average molecular weight is 381 g/mol. The largest absolute Gasteiger partial charge is 0.481 e. The van der Waals surface area contributed by atoms with Gasteiger partial charge in [0.15, 0.2) is 5.79 Å². The van der Waals surface area contributed by atoms with Gasteiger partial charge in [0.1, 0.15) is 5.78 Å². The number of carbonyl (C=O) groups is 2. The number of fused-ring (bicyclic) bond motifs is 1. The van der Waals surface area contributed by atoms with E-state index >= 15 is 0 Å². The number of hydrogen-bond acceptors (Lipinski definition) is 4. The fourth-order valence-electron chi connectivity index (χ4n) is 6.30. The monoisotopic (exact) mass is 380 g/mol. The van der Waals surface area contributed by atoms with Crippen molar-refractivity contribution in [2.45, 2.75) is 92.0 Å². The minimum Gasteiger partial charge on any atom is -0.481 e. The molecule has 0 bridgehead atoms. The zero-order chi connectivity index (χ0) is 20.3. The molecule has 2 saturated carbocycles. The van der Waals surface area contributed by atoms with Crippen molar-refractivity contribution >= 4 is 11.8 Å². The third kappa shape index (κ3) is 3.46. The van der Waals surface area contributed by atoms with Crippen LogP contribution in [0, 0.1) is 28.1 Å². The molecule has 0 aromatic heterocycles. The fraction of sp³-hybridized carbons (Fsp3) is 0.909. The minimum atomic E-state index is -0.794. The first kappa shape index (κ1) is 20.8. The second-order valence-corrected chi connectivity index (χ2v) is 10.5. The van der Waals surface area contributed by atoms with Gasteiger partial charge < -0.3 is 14.6 Å². The summed E-state index contributed by atoms with van der Waals surface area (Å²) in [6.45, 7) is 12.7. The maximum absolute atomic E-state index is 12.5. The summed E-state index contributed by atoms with van der Waals surface area (Å²) >= 11 is 0. The molecule has 3 rings (SSSR count). The first-order valence-electron chi connectivity index (χ1n) is 10.4. The van der Waals surface area contributed by atoms with Crippen LogP contribution < -0.4 is 0 Å². The number of aliphatic carboxylic acids is 1. The molecule has 1 aliphatic heterocycles. The standard InChI is InChI=1S/C22H36O5/c1-14(23)21(5)8-7-15-12-20(4,17-13-26-19(2,3)27-17)9-10-22(15,6)16(21)11-18(24)25/h15-17H,7-13H2,1-6H3,(H,24,25)/t15?,16-,17?,20-,21+,22-/m0/s1. The number of carboxylic acids is 1. The molecule has 3 aliphatic rings. The maximum Gasteiger partial charge on any atom is 0.303 e. The van der Waals surface area contributed by atoms with Gasteiger partial charge in [-0.15, -0.1) is 0 Å². The maximum atomic E-state index is 12.5. The zero-order valence-electron chi connectivity index (χ0n) is 17.8. The molecule has 0 radical (unpaired) electrons. The van der Waals surface area contributed by atoms with Crippen molar-refractivity contribution in [2.24, 2.45) is 28.1 Å². The average Bonchev–Trinajstić information content (AvgIpc) is 2.93. The van der Waals surface area contributed by atoms with Gasteiger partial charge in [0.05, 0.1) is 12.7 Å². The van der Waals surface area contributed by atoms with Gasteiger partial charge in [0, 0.05) is 11.8 Å². The Kier molecular flexibility index (Phi) is 5.04. The third-order valence-corrected chi connectivity index (χ3v) is 8.43. The van der Waals surface area contributed by atoms with E-state index in [2.05, 4.69) is 13.8 Å². The van der Waals surface area contributed by atoms with E-state index in [0.717, 1.165) is 32.1 Å². The first-order valence-corrected chi connectivity index (χ1v) is 10.4. The summed E-state index contributed by atoms with van der Waals surface area (Å²) in [6.07, 6.45) is 4.85. The second kappa shape index (κ2) is 6.55. The molecule has 154 valence electrons. The summed E-state index contributed by atoms with van der Waals surface area (Å²) in [5, 5.41) is 9.57. The van der Waals surface area contributed by atoms with Crippen LogP contribution in [0.15, 0.2) is 0 Å². The van der Waals surface area contributed by atoms with Gasteiger partial charge in [-0.3, -0.25) is 9.59 Å². The lowest BCUT2D eigenvalue weighted by molar-refractivity contribution is -0.178. The Hall–Kier alpha value is -0.940. The molecule has 27 heavy (non-hydrogen) atoms. The van der Waals surface area contributed by atoms with Crippen molar-refractivity contribution in [2.75, 3.05) is 6.61 Å². The SMILES string of the molecule is CC(=O)[C@@]1(C)CCC2C[C@@](C)(C3COC(C)(C)O3)CC[C@]2(C)[C@H]1CC(=O)O. The summed E-state index contributed by atoms with van der Waals surface area (Å²) in [5.74, 6) is -0.881. The summed E-state index contributed by atoms with van der Waals surface area (Å²) in [4.78, 5) is 24.2. The van der Waals surface area contributed by atoms with Crippen molar-refractivity contribution in [1.82, 2.24) is 0 Å². The van der Waals surface area contributed by atoms with Crippen LogP contribution in [0.2, 0.25) is 0 Å². The van der Waals surface area contributed by atoms with E-state index in [0.29, 0.717) is 12.5 Å². The van der Waals surface area contributed by atoms with Gasteiger partial charge in [-0.05, 0) is 75.5 Å². The molecule has 0 amide bonds. The smallest absolute Gasteiger partial charge is 0.303 e. The van der Waals surface area contributed by atoms with Crippen LogP contribution in [0.1, 0.15) is 80.1 Å². The molecule has 5 nitrogen and oxygen atoms in total. The summed E-state index contributed by atoms with van der Waals surface area (Å²) in [7, 11) is 0. The van der Waals surface area contributed by atoms with Crippen LogP contribution in [-0.4, -0.2) is 35.4 Å². The van der Waals surface area contributed by atoms with Crippen LogP contribution in [0.4, 0.5) is 0 Å². The number of carboxylic acid groups (broad SMARTS) is 1. The topological polar surface area (TPSA) is 72.8 Å². The number of ketones is 1. The quantitative estimate of drug-likeness (QED) is 0.781. The molecule has 1 saturated heterocycles. The van der Waals surface area contributed by atoms with Crippen molar-refractivity contribution in [3.63, 3.8) is 0 Å². The lowest BCUT2D eigenvalue weighted by Crippen LogP contribution is -2.56. The minimum absolute atomic E-state index is 0.0374. The van der Waals surface area contributed by atoms with E-state index in [1.807, 2.05) is 20.8 Å². The highest BCUT2D eigenvalue weighted by Crippen LogP contribution is 2.64. The molecule has 2 aliphatic carbocycles. The van der Waals surface area contributed by atoms with Crippen molar-refractivity contribution < 1.29 is 24.2 Å². The Morgan fingerprint density at radius 2 is 1.74 bits per heavy atom. The highest BCUT2D eigenvalue weighted by molar-refractivity contribution is 5.83. The van der Waals surface area contributed by atoms with Gasteiger partial charge >= 0.3 is 5.97 Å². The second-order valence-electron chi connectivity index (χ2n) is 10.5. The Morgan fingerprint density at radius 1 is 1.07 bits per heavy atom. The molecular weight excluding hydrogens is 344 g/mol. The number of ether oxygens (including phenoxy) is 2. The molecule has 5 heteroatoms. The van der Waals surface area contributed by atoms with Crippen LogP contribution >= 0.6 is 0 Å². The van der Waals surface area contributed by atoms with Crippen LogP contribution in [0.25, 0.3) is 0 Å². The van der Waals surface area contributed by atoms with Gasteiger partial charge in [-0.1, -0.05) is 20.8 Å².